The molecule has 40 heavy (non-hydrogen) atoms. The van der Waals surface area contributed by atoms with Crippen molar-refractivity contribution in [2.24, 2.45) is 0 Å². The van der Waals surface area contributed by atoms with Crippen LogP contribution in [0.25, 0.3) is 22.2 Å². The summed E-state index contributed by atoms with van der Waals surface area (Å²) in [6.45, 7) is -9.05. The first kappa shape index (κ1) is 27.8. The number of ether oxygens (including phenoxy) is 1. The number of thiol groups is 1. The van der Waals surface area contributed by atoms with E-state index in [-0.39, 0.29) is 42.4 Å². The maximum absolute atomic E-state index is 15.8. The van der Waals surface area contributed by atoms with Crippen molar-refractivity contribution in [3.63, 3.8) is 0 Å². The molecule has 2 aliphatic rings. The molecule has 6 rings (SSSR count). The van der Waals surface area contributed by atoms with Gasteiger partial charge < -0.3 is 38.5 Å². The van der Waals surface area contributed by atoms with Gasteiger partial charge in [-0.2, -0.15) is 0 Å². The molecule has 0 radical (unpaired) electrons. The molecule has 2 aliphatic heterocycles. The van der Waals surface area contributed by atoms with Crippen LogP contribution in [0, 0.1) is 0 Å². The highest BCUT2D eigenvalue weighted by atomic mass is 32.7. The van der Waals surface area contributed by atoms with Gasteiger partial charge in [-0.05, 0) is 11.8 Å². The molecule has 21 heteroatoms. The van der Waals surface area contributed by atoms with Crippen molar-refractivity contribution in [2.75, 3.05) is 18.9 Å². The summed E-state index contributed by atoms with van der Waals surface area (Å²) in [6.07, 6.45) is -2.25. The molecule has 2 bridgehead atoms. The molecule has 0 saturated carbocycles. The Kier molecular flexibility index (Phi) is 7.31. The molecule has 6 heterocycles. The van der Waals surface area contributed by atoms with Crippen molar-refractivity contribution in [3.05, 3.63) is 41.1 Å². The van der Waals surface area contributed by atoms with Crippen LogP contribution >= 0.6 is 25.8 Å². The van der Waals surface area contributed by atoms with E-state index in [1.807, 2.05) is 0 Å². The third kappa shape index (κ3) is 5.34. The Morgan fingerprint density at radius 1 is 1.30 bits per heavy atom. The van der Waals surface area contributed by atoms with Gasteiger partial charge >= 0.3 is 13.5 Å². The zero-order valence-electron chi connectivity index (χ0n) is 20.1. The number of rotatable bonds is 1. The number of aromatic amines is 1. The number of imidazole rings is 2. The highest BCUT2D eigenvalue weighted by molar-refractivity contribution is 8.44. The van der Waals surface area contributed by atoms with E-state index >= 15 is 4.39 Å². The van der Waals surface area contributed by atoms with E-state index in [4.69, 9.17) is 40.4 Å². The Labute approximate surface area is 233 Å². The maximum atomic E-state index is 15.8. The summed E-state index contributed by atoms with van der Waals surface area (Å²) in [5, 5.41) is 0. The number of alkyl halides is 1. The Hall–Kier alpha value is -2.31. The van der Waals surface area contributed by atoms with Crippen LogP contribution in [0.2, 0.25) is 0 Å². The van der Waals surface area contributed by atoms with Gasteiger partial charge in [0.2, 0.25) is 0 Å². The SMILES string of the molecule is Nc1cc2c(ncn2[C@H]2O[C@@H]3COP(O)(=S)OCCn4c(nc5cncnc54)COP(=O)(S)O[C@@H]2[C@@H]3F)c(=O)[nH]1. The smallest absolute Gasteiger partial charge is 0.385 e. The van der Waals surface area contributed by atoms with E-state index in [0.29, 0.717) is 11.2 Å². The fourth-order valence-electron chi connectivity index (χ4n) is 4.48. The fraction of sp³-hybridized carbons (Fsp3) is 0.421. The molecule has 0 aliphatic carbocycles. The number of nitrogens with two attached hydrogens (primary N) is 1. The van der Waals surface area contributed by atoms with E-state index in [1.165, 1.54) is 29.5 Å². The number of nitrogens with zero attached hydrogens (tertiary/aromatic N) is 6. The first-order chi connectivity index (χ1) is 19.0. The zero-order chi connectivity index (χ0) is 28.2. The van der Waals surface area contributed by atoms with Crippen LogP contribution < -0.4 is 11.3 Å². The first-order valence-electron chi connectivity index (χ1n) is 11.6. The Morgan fingerprint density at radius 3 is 2.95 bits per heavy atom. The Morgan fingerprint density at radius 2 is 2.12 bits per heavy atom. The normalized spacial score (nSPS) is 32.1. The number of fused-ring (bicyclic) bond motifs is 6. The van der Waals surface area contributed by atoms with Crippen molar-refractivity contribution in [1.82, 2.24) is 34.1 Å². The molecule has 1 saturated heterocycles. The predicted molar refractivity (Wildman–Crippen MR) is 144 cm³/mol. The summed E-state index contributed by atoms with van der Waals surface area (Å²) in [6, 6.07) is 1.40. The average Bonchev–Trinajstić information content (AvgIpc) is 3.55. The summed E-state index contributed by atoms with van der Waals surface area (Å²) in [5.74, 6) is 0.276. The van der Waals surface area contributed by atoms with E-state index in [0.717, 1.165) is 0 Å². The number of nitrogen functional groups attached to an aromatic ring is 1. The second-order valence-corrected chi connectivity index (χ2v) is 14.5. The minimum Gasteiger partial charge on any atom is -0.385 e. The van der Waals surface area contributed by atoms with Gasteiger partial charge in [0.15, 0.2) is 23.6 Å². The second-order valence-electron chi connectivity index (χ2n) is 8.77. The van der Waals surface area contributed by atoms with Gasteiger partial charge in [0.05, 0.1) is 31.3 Å². The van der Waals surface area contributed by atoms with Crippen LogP contribution in [-0.2, 0) is 52.4 Å². The Balaban J connectivity index is 1.38. The van der Waals surface area contributed by atoms with Crippen LogP contribution in [0.5, 0.6) is 0 Å². The van der Waals surface area contributed by atoms with Gasteiger partial charge in [0.1, 0.15) is 42.3 Å². The van der Waals surface area contributed by atoms with E-state index in [1.54, 1.807) is 4.57 Å². The van der Waals surface area contributed by atoms with Gasteiger partial charge in [-0.3, -0.25) is 13.8 Å². The number of halogens is 1. The summed E-state index contributed by atoms with van der Waals surface area (Å²) in [4.78, 5) is 41.9. The average molecular weight is 635 g/mol. The van der Waals surface area contributed by atoms with E-state index in [9.17, 15) is 14.3 Å². The van der Waals surface area contributed by atoms with Crippen molar-refractivity contribution in [1.29, 1.82) is 0 Å². The maximum Gasteiger partial charge on any atom is 0.387 e. The molecule has 214 valence electrons. The monoisotopic (exact) mass is 634 g/mol. The minimum absolute atomic E-state index is 0.000340. The predicted octanol–water partition coefficient (Wildman–Crippen LogP) is 1.59. The van der Waals surface area contributed by atoms with Crippen molar-refractivity contribution < 1.29 is 36.7 Å². The highest BCUT2D eigenvalue weighted by Gasteiger charge is 2.50. The summed E-state index contributed by atoms with van der Waals surface area (Å²) in [7, 11) is 0. The quantitative estimate of drug-likeness (QED) is 0.174. The van der Waals surface area contributed by atoms with Crippen molar-refractivity contribution in [2.45, 2.75) is 37.8 Å². The molecular weight excluding hydrogens is 613 g/mol. The van der Waals surface area contributed by atoms with Crippen LogP contribution in [0.15, 0.2) is 29.7 Å². The molecule has 4 N–H and O–H groups in total. The molecule has 1 fully saturated rings. The lowest BCUT2D eigenvalue weighted by molar-refractivity contribution is -0.0451. The number of pyridine rings is 1. The summed E-state index contributed by atoms with van der Waals surface area (Å²) < 4.78 is 59.8. The molecular formula is C19H21FN8O8P2S2. The number of aromatic nitrogens is 7. The van der Waals surface area contributed by atoms with Gasteiger partial charge in [0, 0.05) is 12.6 Å². The molecule has 0 aromatic carbocycles. The van der Waals surface area contributed by atoms with E-state index < -0.39 is 50.3 Å². The molecule has 6 atom stereocenters. The molecule has 0 spiro atoms. The lowest BCUT2D eigenvalue weighted by atomic mass is 10.1. The molecule has 16 nitrogen and oxygen atoms in total. The molecule has 4 aromatic heterocycles. The highest BCUT2D eigenvalue weighted by Crippen LogP contribution is 2.58. The van der Waals surface area contributed by atoms with E-state index in [2.05, 4.69) is 37.2 Å². The summed E-state index contributed by atoms with van der Waals surface area (Å²) >= 11 is 9.15. The van der Waals surface area contributed by atoms with Gasteiger partial charge in [0.25, 0.3) is 5.56 Å². The third-order valence-corrected chi connectivity index (χ3v) is 9.42. The van der Waals surface area contributed by atoms with Crippen molar-refractivity contribution in [3.8, 4) is 0 Å². The number of hydrogen-bond donors (Lipinski definition) is 4. The molecule has 4 aromatic rings. The fourth-order valence-corrected chi connectivity index (χ4v) is 6.97. The largest absolute Gasteiger partial charge is 0.387 e. The second kappa shape index (κ2) is 10.5. The first-order valence-corrected chi connectivity index (χ1v) is 16.9. The van der Waals surface area contributed by atoms with Gasteiger partial charge in [-0.15, -0.1) is 0 Å². The lowest BCUT2D eigenvalue weighted by Gasteiger charge is -2.24. The molecule has 2 unspecified atom stereocenters. The van der Waals surface area contributed by atoms with Crippen molar-refractivity contribution >= 4 is 65.6 Å². The number of nitrogens with one attached hydrogen (secondary N) is 1. The summed E-state index contributed by atoms with van der Waals surface area (Å²) in [5.41, 5.74) is 6.24. The van der Waals surface area contributed by atoms with Gasteiger partial charge in [-0.25, -0.2) is 28.9 Å². The number of hydrogen-bond acceptors (Lipinski definition) is 13. The standard InChI is InChI=1S/C19H21FN8O8P2S2/c20-14-11-5-33-37(30,39)32-2-1-27-13(25-9-4-22-7-23-17(9)27)6-34-38(31,40)36-16(14)19(35-11)28-8-24-15-10(28)3-12(21)26-18(15)29/h3-4,7-8,11,14,16,19H,1-2,5-6H2,(H,30,39)(H,31,40)(H3,21,26,29)/t11-,14-,16-,19+,37?,38?/m1/s1. The topological polar surface area (TPSA) is 204 Å². The molecule has 0 amide bonds. The van der Waals surface area contributed by atoms with Crippen LogP contribution in [0.3, 0.4) is 0 Å². The Bertz CT molecular complexity index is 1750. The third-order valence-electron chi connectivity index (χ3n) is 6.21. The lowest BCUT2D eigenvalue weighted by Crippen LogP contribution is -2.31. The van der Waals surface area contributed by atoms with Crippen LogP contribution in [0.1, 0.15) is 12.1 Å². The van der Waals surface area contributed by atoms with Crippen LogP contribution in [-0.4, -0.2) is 70.5 Å². The minimum atomic E-state index is -4.28. The number of anilines is 1. The number of H-pyrrole nitrogens is 1. The van der Waals surface area contributed by atoms with Gasteiger partial charge in [-0.1, -0.05) is 12.2 Å². The zero-order valence-corrected chi connectivity index (χ0v) is 23.6. The van der Waals surface area contributed by atoms with Crippen LogP contribution in [0.4, 0.5) is 10.2 Å².